The Bertz CT molecular complexity index is 1260. The Hall–Kier alpha value is -3.20. The Labute approximate surface area is 206 Å². The summed E-state index contributed by atoms with van der Waals surface area (Å²) in [6, 6.07) is 14.2. The second-order valence-electron chi connectivity index (χ2n) is 8.46. The number of pyridine rings is 1. The molecule has 4 rings (SSSR count). The number of nitrogens with one attached hydrogen (secondary N) is 2. The number of carbonyl (C=O) groups excluding carboxylic acids is 1. The minimum atomic E-state index is -0.990. The normalized spacial score (nSPS) is 13.0. The first-order valence-corrected chi connectivity index (χ1v) is 12.3. The number of fused-ring (bicyclic) bond motifs is 1. The van der Waals surface area contributed by atoms with Crippen LogP contribution in [0.2, 0.25) is 0 Å². The molecule has 0 fully saturated rings. The van der Waals surface area contributed by atoms with Gasteiger partial charge in [-0.3, -0.25) is 9.78 Å². The van der Waals surface area contributed by atoms with Crippen LogP contribution in [0, 0.1) is 11.6 Å². The molecule has 0 bridgehead atoms. The third kappa shape index (κ3) is 6.69. The lowest BCUT2D eigenvalue weighted by Crippen LogP contribution is -2.48. The fraction of sp³-hybridized carbons (Fsp3) is 0.259. The number of hydrogen-bond donors (Lipinski definition) is 3. The summed E-state index contributed by atoms with van der Waals surface area (Å²) in [4.78, 5) is 17.6. The Morgan fingerprint density at radius 3 is 2.57 bits per heavy atom. The van der Waals surface area contributed by atoms with E-state index in [-0.39, 0.29) is 18.9 Å². The first-order chi connectivity index (χ1) is 16.9. The van der Waals surface area contributed by atoms with Crippen LogP contribution in [0.15, 0.2) is 67.0 Å². The summed E-state index contributed by atoms with van der Waals surface area (Å²) in [5.74, 6) is -1.77. The first-order valence-electron chi connectivity index (χ1n) is 11.5. The monoisotopic (exact) mass is 495 g/mol. The second kappa shape index (κ2) is 11.5. The topological polar surface area (TPSA) is 74.2 Å². The zero-order chi connectivity index (χ0) is 24.8. The summed E-state index contributed by atoms with van der Waals surface area (Å²) in [7, 11) is 0. The van der Waals surface area contributed by atoms with Crippen molar-refractivity contribution >= 4 is 27.3 Å². The molecular weight excluding hydrogens is 468 g/mol. The molecule has 2 atom stereocenters. The molecule has 0 aliphatic heterocycles. The van der Waals surface area contributed by atoms with Gasteiger partial charge < -0.3 is 15.7 Å². The van der Waals surface area contributed by atoms with Crippen molar-refractivity contribution in [2.24, 2.45) is 0 Å². The smallest absolute Gasteiger partial charge is 0.261 e. The van der Waals surface area contributed by atoms with E-state index in [1.807, 2.05) is 18.2 Å². The van der Waals surface area contributed by atoms with E-state index in [4.69, 9.17) is 0 Å². The van der Waals surface area contributed by atoms with Crippen LogP contribution in [0.4, 0.5) is 8.78 Å². The number of aliphatic hydroxyl groups is 1. The summed E-state index contributed by atoms with van der Waals surface area (Å²) in [6.45, 7) is 2.82. The van der Waals surface area contributed by atoms with Crippen molar-refractivity contribution in [2.45, 2.75) is 38.5 Å². The maximum atomic E-state index is 13.8. The van der Waals surface area contributed by atoms with Gasteiger partial charge in [0.2, 0.25) is 0 Å². The van der Waals surface area contributed by atoms with Crippen molar-refractivity contribution < 1.29 is 18.7 Å². The highest BCUT2D eigenvalue weighted by molar-refractivity contribution is 7.20. The minimum Gasteiger partial charge on any atom is -0.390 e. The number of hydrogen-bond acceptors (Lipinski definition) is 5. The van der Waals surface area contributed by atoms with Crippen molar-refractivity contribution in [3.63, 3.8) is 0 Å². The molecule has 35 heavy (non-hydrogen) atoms. The molecule has 2 aromatic heterocycles. The molecule has 182 valence electrons. The molecule has 8 heteroatoms. The van der Waals surface area contributed by atoms with E-state index in [1.165, 1.54) is 29.0 Å². The van der Waals surface area contributed by atoms with Crippen LogP contribution in [-0.2, 0) is 19.4 Å². The number of halogens is 2. The van der Waals surface area contributed by atoms with Gasteiger partial charge in [-0.25, -0.2) is 8.78 Å². The molecule has 0 saturated heterocycles. The van der Waals surface area contributed by atoms with E-state index < -0.39 is 23.8 Å². The van der Waals surface area contributed by atoms with Crippen molar-refractivity contribution in [1.82, 2.24) is 15.6 Å². The SMILES string of the molecule is CCc1cccc(CNC[C@@H](O)[C@H](Cc2cc(F)cc(F)c2)NC(=O)c2cc3ccncc3s2)c1. The van der Waals surface area contributed by atoms with E-state index in [0.29, 0.717) is 17.0 Å². The quantitative estimate of drug-likeness (QED) is 0.300. The minimum absolute atomic E-state index is 0.0705. The summed E-state index contributed by atoms with van der Waals surface area (Å²) in [6.07, 6.45) is 3.36. The van der Waals surface area contributed by atoms with Gasteiger partial charge in [0.25, 0.3) is 5.91 Å². The molecule has 1 amide bonds. The molecule has 0 radical (unpaired) electrons. The lowest BCUT2D eigenvalue weighted by molar-refractivity contribution is 0.0833. The maximum absolute atomic E-state index is 13.8. The van der Waals surface area contributed by atoms with Crippen LogP contribution in [0.25, 0.3) is 10.1 Å². The first kappa shape index (κ1) is 24.9. The molecule has 0 aliphatic rings. The number of aryl methyl sites for hydroxylation is 1. The Morgan fingerprint density at radius 2 is 1.83 bits per heavy atom. The maximum Gasteiger partial charge on any atom is 0.261 e. The highest BCUT2D eigenvalue weighted by Crippen LogP contribution is 2.24. The third-order valence-corrected chi connectivity index (χ3v) is 6.87. The average Bonchev–Trinajstić information content (AvgIpc) is 3.28. The zero-order valence-corrected chi connectivity index (χ0v) is 20.1. The van der Waals surface area contributed by atoms with Crippen LogP contribution < -0.4 is 10.6 Å². The Balaban J connectivity index is 1.47. The molecule has 5 nitrogen and oxygen atoms in total. The number of aromatic nitrogens is 1. The molecular formula is C27H27F2N3O2S. The van der Waals surface area contributed by atoms with E-state index in [1.54, 1.807) is 18.5 Å². The molecule has 0 aliphatic carbocycles. The molecule has 0 saturated carbocycles. The van der Waals surface area contributed by atoms with Crippen LogP contribution >= 0.6 is 11.3 Å². The van der Waals surface area contributed by atoms with Crippen molar-refractivity contribution in [2.75, 3.05) is 6.54 Å². The molecule has 4 aromatic rings. The van der Waals surface area contributed by atoms with E-state index in [2.05, 4.69) is 34.7 Å². The number of carbonyl (C=O) groups is 1. The van der Waals surface area contributed by atoms with Gasteiger partial charge >= 0.3 is 0 Å². The van der Waals surface area contributed by atoms with Crippen LogP contribution in [0.1, 0.15) is 33.3 Å². The molecule has 2 heterocycles. The highest BCUT2D eigenvalue weighted by atomic mass is 32.1. The number of amides is 1. The van der Waals surface area contributed by atoms with Crippen LogP contribution in [0.3, 0.4) is 0 Å². The predicted octanol–water partition coefficient (Wildman–Crippen LogP) is 4.63. The van der Waals surface area contributed by atoms with Gasteiger partial charge in [0.1, 0.15) is 11.6 Å². The molecule has 0 unspecified atom stereocenters. The van der Waals surface area contributed by atoms with Gasteiger partial charge in [-0.05, 0) is 59.2 Å². The summed E-state index contributed by atoms with van der Waals surface area (Å²) in [5.41, 5.74) is 2.66. The van der Waals surface area contributed by atoms with Gasteiger partial charge in [-0.2, -0.15) is 0 Å². The summed E-state index contributed by atoms with van der Waals surface area (Å²) >= 11 is 1.30. The second-order valence-corrected chi connectivity index (χ2v) is 9.54. The Morgan fingerprint density at radius 1 is 1.06 bits per heavy atom. The van der Waals surface area contributed by atoms with Crippen molar-refractivity contribution in [3.05, 3.63) is 100 Å². The highest BCUT2D eigenvalue weighted by Gasteiger charge is 2.24. The molecule has 2 aromatic carbocycles. The number of rotatable bonds is 10. The zero-order valence-electron chi connectivity index (χ0n) is 19.3. The fourth-order valence-corrected chi connectivity index (χ4v) is 4.90. The van der Waals surface area contributed by atoms with Crippen molar-refractivity contribution in [1.29, 1.82) is 0 Å². The third-order valence-electron chi connectivity index (χ3n) is 5.79. The van der Waals surface area contributed by atoms with E-state index >= 15 is 0 Å². The van der Waals surface area contributed by atoms with Gasteiger partial charge in [-0.15, -0.1) is 11.3 Å². The standard InChI is InChI=1S/C27H27F2N3O2S/c1-2-17-4-3-5-18(8-17)14-31-15-24(33)23(11-19-9-21(28)13-22(29)10-19)32-27(34)25-12-20-6-7-30-16-26(20)35-25/h3-10,12-13,16,23-24,31,33H,2,11,14-15H2,1H3,(H,32,34)/t23-,24+/m0/s1. The fourth-order valence-electron chi connectivity index (χ4n) is 3.97. The van der Waals surface area contributed by atoms with Crippen LogP contribution in [0.5, 0.6) is 0 Å². The lowest BCUT2D eigenvalue weighted by atomic mass is 10.0. The summed E-state index contributed by atoms with van der Waals surface area (Å²) < 4.78 is 28.4. The summed E-state index contributed by atoms with van der Waals surface area (Å²) in [5, 5.41) is 17.9. The molecule has 0 spiro atoms. The number of thiophene rings is 1. The largest absolute Gasteiger partial charge is 0.390 e. The molecule has 3 N–H and O–H groups in total. The Kier molecular flexibility index (Phi) is 8.17. The van der Waals surface area contributed by atoms with Gasteiger partial charge in [-0.1, -0.05) is 31.2 Å². The van der Waals surface area contributed by atoms with E-state index in [9.17, 15) is 18.7 Å². The van der Waals surface area contributed by atoms with E-state index in [0.717, 1.165) is 28.1 Å². The van der Waals surface area contributed by atoms with Crippen molar-refractivity contribution in [3.8, 4) is 0 Å². The van der Waals surface area contributed by atoms with Crippen LogP contribution in [-0.4, -0.2) is 34.7 Å². The van der Waals surface area contributed by atoms with Gasteiger partial charge in [0.15, 0.2) is 0 Å². The predicted molar refractivity (Wildman–Crippen MR) is 134 cm³/mol. The average molecular weight is 496 g/mol. The van der Waals surface area contributed by atoms with Gasteiger partial charge in [0, 0.05) is 31.5 Å². The van der Waals surface area contributed by atoms with Gasteiger partial charge in [0.05, 0.1) is 21.7 Å². The number of benzene rings is 2. The number of nitrogens with zero attached hydrogens (tertiary/aromatic N) is 1. The lowest BCUT2D eigenvalue weighted by Gasteiger charge is -2.25. The number of aliphatic hydroxyl groups excluding tert-OH is 1.